The van der Waals surface area contributed by atoms with E-state index < -0.39 is 0 Å². The van der Waals surface area contributed by atoms with Gasteiger partial charge in [0.15, 0.2) is 0 Å². The summed E-state index contributed by atoms with van der Waals surface area (Å²) in [7, 11) is 1.68. The molecule has 0 radical (unpaired) electrons. The van der Waals surface area contributed by atoms with E-state index in [-0.39, 0.29) is 0 Å². The van der Waals surface area contributed by atoms with Gasteiger partial charge in [-0.15, -0.1) is 0 Å². The zero-order valence-electron chi connectivity index (χ0n) is 12.4. The Kier molecular flexibility index (Phi) is 6.05. The maximum Gasteiger partial charge on any atom is 0.133 e. The minimum absolute atomic E-state index is 0.643. The zero-order valence-corrected chi connectivity index (χ0v) is 13.1. The summed E-state index contributed by atoms with van der Waals surface area (Å²) in [4.78, 5) is 0. The lowest BCUT2D eigenvalue weighted by Crippen LogP contribution is -2.19. The number of halogens is 1. The van der Waals surface area contributed by atoms with Crippen LogP contribution in [0.2, 0.25) is 5.02 Å². The minimum atomic E-state index is 0.643. The van der Waals surface area contributed by atoms with E-state index in [1.165, 1.54) is 0 Å². The van der Waals surface area contributed by atoms with Crippen LogP contribution in [0.15, 0.2) is 42.5 Å². The highest BCUT2D eigenvalue weighted by molar-refractivity contribution is 6.31. The molecule has 0 aliphatic heterocycles. The predicted molar refractivity (Wildman–Crippen MR) is 86.3 cm³/mol. The summed E-state index contributed by atoms with van der Waals surface area (Å²) in [5, 5.41) is 3.99. The monoisotopic (exact) mass is 305 g/mol. The van der Waals surface area contributed by atoms with E-state index in [1.807, 2.05) is 49.4 Å². The van der Waals surface area contributed by atoms with Crippen molar-refractivity contribution < 1.29 is 9.47 Å². The summed E-state index contributed by atoms with van der Waals surface area (Å²) >= 11 is 6.29. The number of hydrogen-bond acceptors (Lipinski definition) is 3. The van der Waals surface area contributed by atoms with E-state index in [0.717, 1.165) is 29.2 Å². The lowest BCUT2D eigenvalue weighted by Gasteiger charge is -2.13. The molecule has 1 N–H and O–H groups in total. The van der Waals surface area contributed by atoms with Gasteiger partial charge >= 0.3 is 0 Å². The summed E-state index contributed by atoms with van der Waals surface area (Å²) in [5.74, 6) is 1.59. The topological polar surface area (TPSA) is 30.5 Å². The second kappa shape index (κ2) is 8.03. The Bertz CT molecular complexity index is 587. The molecule has 0 heterocycles. The van der Waals surface area contributed by atoms with Crippen LogP contribution >= 0.6 is 11.6 Å². The highest BCUT2D eigenvalue weighted by atomic mass is 35.5. The smallest absolute Gasteiger partial charge is 0.133 e. The third-order valence-corrected chi connectivity index (χ3v) is 3.43. The van der Waals surface area contributed by atoms with Crippen LogP contribution in [0, 0.1) is 6.92 Å². The van der Waals surface area contributed by atoms with E-state index in [0.29, 0.717) is 18.2 Å². The Morgan fingerprint density at radius 3 is 2.71 bits per heavy atom. The van der Waals surface area contributed by atoms with Gasteiger partial charge in [-0.2, -0.15) is 0 Å². The Morgan fingerprint density at radius 1 is 1.14 bits per heavy atom. The van der Waals surface area contributed by atoms with Crippen LogP contribution in [-0.4, -0.2) is 20.3 Å². The first-order valence-electron chi connectivity index (χ1n) is 6.92. The molecule has 0 fully saturated rings. The molecule has 0 unspecified atom stereocenters. The van der Waals surface area contributed by atoms with Crippen molar-refractivity contribution in [3.8, 4) is 11.5 Å². The molecule has 2 aromatic rings. The number of nitrogens with one attached hydrogen (secondary N) is 1. The van der Waals surface area contributed by atoms with Crippen molar-refractivity contribution in [2.75, 3.05) is 20.3 Å². The van der Waals surface area contributed by atoms with Crippen molar-refractivity contribution in [3.63, 3.8) is 0 Å². The lowest BCUT2D eigenvalue weighted by atomic mass is 10.2. The molecule has 4 heteroatoms. The van der Waals surface area contributed by atoms with Crippen molar-refractivity contribution in [2.24, 2.45) is 0 Å². The summed E-state index contributed by atoms with van der Waals surface area (Å²) in [5.41, 5.74) is 2.12. The summed E-state index contributed by atoms with van der Waals surface area (Å²) in [6, 6.07) is 13.7. The largest absolute Gasteiger partial charge is 0.457 e. The molecule has 0 bridgehead atoms. The molecule has 0 saturated carbocycles. The van der Waals surface area contributed by atoms with Crippen molar-refractivity contribution in [1.29, 1.82) is 0 Å². The van der Waals surface area contributed by atoms with Crippen molar-refractivity contribution in [1.82, 2.24) is 5.32 Å². The Balaban J connectivity index is 2.13. The SMILES string of the molecule is COCCNCc1c(Cl)cccc1Oc1cccc(C)c1. The first kappa shape index (κ1) is 15.8. The van der Waals surface area contributed by atoms with Crippen LogP contribution in [0.5, 0.6) is 11.5 Å². The number of benzene rings is 2. The van der Waals surface area contributed by atoms with E-state index in [1.54, 1.807) is 7.11 Å². The summed E-state index contributed by atoms with van der Waals surface area (Å²) in [6.07, 6.45) is 0. The van der Waals surface area contributed by atoms with Gasteiger partial charge in [-0.1, -0.05) is 29.8 Å². The third kappa shape index (κ3) is 4.74. The first-order valence-corrected chi connectivity index (χ1v) is 7.30. The molecule has 0 aliphatic rings. The van der Waals surface area contributed by atoms with Crippen LogP contribution in [-0.2, 0) is 11.3 Å². The van der Waals surface area contributed by atoms with Gasteiger partial charge in [0, 0.05) is 30.8 Å². The molecule has 2 rings (SSSR count). The van der Waals surface area contributed by atoms with Crippen LogP contribution in [0.4, 0.5) is 0 Å². The van der Waals surface area contributed by atoms with E-state index >= 15 is 0 Å². The van der Waals surface area contributed by atoms with Gasteiger partial charge in [0.25, 0.3) is 0 Å². The maximum atomic E-state index is 6.29. The fourth-order valence-electron chi connectivity index (χ4n) is 2.00. The molecule has 3 nitrogen and oxygen atoms in total. The normalized spacial score (nSPS) is 10.6. The van der Waals surface area contributed by atoms with Crippen LogP contribution in [0.1, 0.15) is 11.1 Å². The number of aryl methyl sites for hydroxylation is 1. The van der Waals surface area contributed by atoms with E-state index in [9.17, 15) is 0 Å². The molecule has 21 heavy (non-hydrogen) atoms. The predicted octanol–water partition coefficient (Wildman–Crippen LogP) is 4.18. The van der Waals surface area contributed by atoms with Crippen molar-refractivity contribution >= 4 is 11.6 Å². The Morgan fingerprint density at radius 2 is 1.95 bits per heavy atom. The Hall–Kier alpha value is -1.55. The fraction of sp³-hybridized carbons (Fsp3) is 0.294. The molecule has 0 aliphatic carbocycles. The van der Waals surface area contributed by atoms with Crippen LogP contribution in [0.25, 0.3) is 0 Å². The van der Waals surface area contributed by atoms with Crippen molar-refractivity contribution in [3.05, 3.63) is 58.6 Å². The molecule has 0 aromatic heterocycles. The molecular formula is C17H20ClNO2. The van der Waals surface area contributed by atoms with Crippen LogP contribution < -0.4 is 10.1 Å². The van der Waals surface area contributed by atoms with Gasteiger partial charge < -0.3 is 14.8 Å². The Labute approximate surface area is 130 Å². The third-order valence-electron chi connectivity index (χ3n) is 3.08. The average Bonchev–Trinajstić information content (AvgIpc) is 2.46. The number of methoxy groups -OCH3 is 1. The molecule has 0 saturated heterocycles. The minimum Gasteiger partial charge on any atom is -0.457 e. The van der Waals surface area contributed by atoms with E-state index in [4.69, 9.17) is 21.1 Å². The van der Waals surface area contributed by atoms with Gasteiger partial charge in [0.1, 0.15) is 11.5 Å². The second-order valence-electron chi connectivity index (χ2n) is 4.80. The fourth-order valence-corrected chi connectivity index (χ4v) is 2.23. The molecule has 0 spiro atoms. The highest BCUT2D eigenvalue weighted by Crippen LogP contribution is 2.30. The van der Waals surface area contributed by atoms with Gasteiger partial charge in [-0.25, -0.2) is 0 Å². The summed E-state index contributed by atoms with van der Waals surface area (Å²) < 4.78 is 11.0. The molecule has 0 amide bonds. The molecule has 0 atom stereocenters. The highest BCUT2D eigenvalue weighted by Gasteiger charge is 2.09. The lowest BCUT2D eigenvalue weighted by molar-refractivity contribution is 0.199. The van der Waals surface area contributed by atoms with Gasteiger partial charge in [-0.05, 0) is 36.8 Å². The standard InChI is InChI=1S/C17H20ClNO2/c1-13-5-3-6-14(11-13)21-17-8-4-7-16(18)15(17)12-19-9-10-20-2/h3-8,11,19H,9-10,12H2,1-2H3. The second-order valence-corrected chi connectivity index (χ2v) is 5.21. The van der Waals surface area contributed by atoms with Gasteiger partial charge in [0.2, 0.25) is 0 Å². The number of hydrogen-bond donors (Lipinski definition) is 1. The van der Waals surface area contributed by atoms with Crippen LogP contribution in [0.3, 0.4) is 0 Å². The first-order chi connectivity index (χ1) is 10.2. The molecule has 2 aromatic carbocycles. The maximum absolute atomic E-state index is 6.29. The van der Waals surface area contributed by atoms with Crippen molar-refractivity contribution in [2.45, 2.75) is 13.5 Å². The average molecular weight is 306 g/mol. The van der Waals surface area contributed by atoms with Gasteiger partial charge in [0.05, 0.1) is 6.61 Å². The molecular weight excluding hydrogens is 286 g/mol. The van der Waals surface area contributed by atoms with E-state index in [2.05, 4.69) is 5.32 Å². The number of rotatable bonds is 7. The quantitative estimate of drug-likeness (QED) is 0.779. The number of ether oxygens (including phenoxy) is 2. The zero-order chi connectivity index (χ0) is 15.1. The van der Waals surface area contributed by atoms with Gasteiger partial charge in [-0.3, -0.25) is 0 Å². The summed E-state index contributed by atoms with van der Waals surface area (Å²) in [6.45, 7) is 4.12. The molecule has 112 valence electrons.